The van der Waals surface area contributed by atoms with E-state index in [4.69, 9.17) is 5.84 Å². The van der Waals surface area contributed by atoms with Gasteiger partial charge in [-0.25, -0.2) is 0 Å². The van der Waals surface area contributed by atoms with Crippen LogP contribution >= 0.6 is 15.9 Å². The lowest BCUT2D eigenvalue weighted by molar-refractivity contribution is 0.279. The summed E-state index contributed by atoms with van der Waals surface area (Å²) in [6.45, 7) is 12.8. The van der Waals surface area contributed by atoms with Gasteiger partial charge in [0.1, 0.15) is 0 Å². The van der Waals surface area contributed by atoms with Gasteiger partial charge in [-0.2, -0.15) is 5.10 Å². The molecule has 3 N–H and O–H groups in total. The minimum atomic E-state index is 0.272. The van der Waals surface area contributed by atoms with Crippen molar-refractivity contribution in [1.82, 2.24) is 20.1 Å². The number of halogens is 1. The molecule has 0 aliphatic carbocycles. The summed E-state index contributed by atoms with van der Waals surface area (Å²) in [5, 5.41) is 4.65. The maximum atomic E-state index is 5.76. The lowest BCUT2D eigenvalue weighted by atomic mass is 10.1. The molecule has 0 bridgehead atoms. The molecule has 1 heterocycles. The molecule has 1 rings (SSSR count). The van der Waals surface area contributed by atoms with Crippen LogP contribution in [-0.4, -0.2) is 40.4 Å². The monoisotopic (exact) mass is 359 g/mol. The Morgan fingerprint density at radius 2 is 1.95 bits per heavy atom. The Morgan fingerprint density at radius 1 is 1.29 bits per heavy atom. The molecule has 6 heteroatoms. The number of rotatable bonds is 10. The summed E-state index contributed by atoms with van der Waals surface area (Å²) < 4.78 is 3.24. The van der Waals surface area contributed by atoms with Crippen LogP contribution in [0.3, 0.4) is 0 Å². The number of hydrazine groups is 1. The average Bonchev–Trinajstić information content (AvgIpc) is 2.82. The van der Waals surface area contributed by atoms with Gasteiger partial charge in [0.05, 0.1) is 15.9 Å². The minimum Gasteiger partial charge on any atom is -0.304 e. The van der Waals surface area contributed by atoms with Crippen molar-refractivity contribution < 1.29 is 0 Å². The number of nitrogens with one attached hydrogen (secondary N) is 1. The molecular formula is C15H30BrN5. The van der Waals surface area contributed by atoms with E-state index in [1.807, 2.05) is 0 Å². The molecule has 0 fully saturated rings. The van der Waals surface area contributed by atoms with E-state index in [2.05, 4.69) is 63.7 Å². The highest BCUT2D eigenvalue weighted by Crippen LogP contribution is 2.24. The predicted octanol–water partition coefficient (Wildman–Crippen LogP) is 2.33. The quantitative estimate of drug-likeness (QED) is 0.497. The molecule has 0 aliphatic rings. The Morgan fingerprint density at radius 3 is 2.43 bits per heavy atom. The minimum absolute atomic E-state index is 0.272. The van der Waals surface area contributed by atoms with Crippen molar-refractivity contribution in [2.75, 3.05) is 19.6 Å². The van der Waals surface area contributed by atoms with E-state index in [-0.39, 0.29) is 6.04 Å². The predicted molar refractivity (Wildman–Crippen MR) is 92.2 cm³/mol. The zero-order chi connectivity index (χ0) is 15.8. The molecular weight excluding hydrogens is 330 g/mol. The lowest BCUT2D eigenvalue weighted by Crippen LogP contribution is -2.40. The van der Waals surface area contributed by atoms with E-state index in [0.717, 1.165) is 55.6 Å². The molecule has 1 atom stereocenters. The largest absolute Gasteiger partial charge is 0.304 e. The van der Waals surface area contributed by atoms with Crippen molar-refractivity contribution in [3.05, 3.63) is 15.9 Å². The van der Waals surface area contributed by atoms with E-state index in [0.29, 0.717) is 0 Å². The van der Waals surface area contributed by atoms with Gasteiger partial charge >= 0.3 is 0 Å². The van der Waals surface area contributed by atoms with Crippen LogP contribution in [0.25, 0.3) is 0 Å². The highest BCUT2D eigenvalue weighted by molar-refractivity contribution is 9.10. The zero-order valence-electron chi connectivity index (χ0n) is 13.8. The number of nitrogens with two attached hydrogens (primary N) is 1. The zero-order valence-corrected chi connectivity index (χ0v) is 15.4. The van der Waals surface area contributed by atoms with Crippen molar-refractivity contribution in [2.24, 2.45) is 5.84 Å². The van der Waals surface area contributed by atoms with E-state index in [1.165, 1.54) is 5.69 Å². The number of nitrogens with zero attached hydrogens (tertiary/aromatic N) is 3. The molecule has 21 heavy (non-hydrogen) atoms. The second-order valence-electron chi connectivity index (χ2n) is 5.26. The summed E-state index contributed by atoms with van der Waals surface area (Å²) in [7, 11) is 0. The SMILES string of the molecule is CCc1nn(CC)c(CC(CCN(CC)CC)NN)c1Br. The van der Waals surface area contributed by atoms with Crippen LogP contribution in [0.2, 0.25) is 0 Å². The molecule has 0 amide bonds. The van der Waals surface area contributed by atoms with Crippen molar-refractivity contribution in [3.8, 4) is 0 Å². The number of hydrogen-bond acceptors (Lipinski definition) is 4. The first kappa shape index (κ1) is 18.6. The van der Waals surface area contributed by atoms with Gasteiger partial charge in [0.25, 0.3) is 0 Å². The Hall–Kier alpha value is -0.430. The average molecular weight is 360 g/mol. The van der Waals surface area contributed by atoms with Crippen molar-refractivity contribution in [3.63, 3.8) is 0 Å². The van der Waals surface area contributed by atoms with Crippen LogP contribution in [0.4, 0.5) is 0 Å². The normalized spacial score (nSPS) is 13.1. The van der Waals surface area contributed by atoms with Crippen LogP contribution in [-0.2, 0) is 19.4 Å². The molecule has 0 saturated carbocycles. The molecule has 0 saturated heterocycles. The fourth-order valence-electron chi connectivity index (χ4n) is 2.57. The number of aromatic nitrogens is 2. The third-order valence-electron chi connectivity index (χ3n) is 4.06. The van der Waals surface area contributed by atoms with Gasteiger partial charge in [-0.1, -0.05) is 20.8 Å². The van der Waals surface area contributed by atoms with E-state index in [9.17, 15) is 0 Å². The van der Waals surface area contributed by atoms with Crippen molar-refractivity contribution in [2.45, 2.75) is 59.5 Å². The van der Waals surface area contributed by atoms with Gasteiger partial charge in [-0.05, 0) is 55.3 Å². The van der Waals surface area contributed by atoms with Crippen LogP contribution in [0.5, 0.6) is 0 Å². The first-order valence-corrected chi connectivity index (χ1v) is 8.82. The fourth-order valence-corrected chi connectivity index (χ4v) is 3.29. The smallest absolute Gasteiger partial charge is 0.0766 e. The van der Waals surface area contributed by atoms with Crippen LogP contribution in [0.1, 0.15) is 45.5 Å². The summed E-state index contributed by atoms with van der Waals surface area (Å²) in [6.07, 6.45) is 2.89. The second kappa shape index (κ2) is 9.56. The van der Waals surface area contributed by atoms with E-state index in [1.54, 1.807) is 0 Å². The maximum Gasteiger partial charge on any atom is 0.0766 e. The molecule has 1 aromatic rings. The Bertz CT molecular complexity index is 414. The molecule has 0 aliphatic heterocycles. The third-order valence-corrected chi connectivity index (χ3v) is 4.97. The van der Waals surface area contributed by atoms with Gasteiger partial charge in [-0.3, -0.25) is 16.0 Å². The molecule has 1 unspecified atom stereocenters. The summed E-state index contributed by atoms with van der Waals surface area (Å²) in [5.41, 5.74) is 5.35. The summed E-state index contributed by atoms with van der Waals surface area (Å²) in [6, 6.07) is 0.272. The van der Waals surface area contributed by atoms with Gasteiger partial charge < -0.3 is 4.90 Å². The highest BCUT2D eigenvalue weighted by Gasteiger charge is 2.18. The van der Waals surface area contributed by atoms with Crippen LogP contribution in [0.15, 0.2) is 4.47 Å². The van der Waals surface area contributed by atoms with Crippen molar-refractivity contribution >= 4 is 15.9 Å². The third kappa shape index (κ3) is 5.06. The number of hydrogen-bond donors (Lipinski definition) is 2. The topological polar surface area (TPSA) is 59.1 Å². The summed E-state index contributed by atoms with van der Waals surface area (Å²) in [4.78, 5) is 2.42. The summed E-state index contributed by atoms with van der Waals surface area (Å²) in [5.74, 6) is 5.76. The highest BCUT2D eigenvalue weighted by atomic mass is 79.9. The fraction of sp³-hybridized carbons (Fsp3) is 0.800. The Labute approximate surface area is 137 Å². The van der Waals surface area contributed by atoms with Gasteiger partial charge in [0, 0.05) is 19.0 Å². The van der Waals surface area contributed by atoms with Gasteiger partial charge in [0.15, 0.2) is 0 Å². The standard InChI is InChI=1S/C15H30BrN5/c1-5-13-15(16)14(21(8-4)19-13)11-12(18-17)9-10-20(6-2)7-3/h12,18H,5-11,17H2,1-4H3. The molecule has 0 aromatic carbocycles. The molecule has 0 spiro atoms. The van der Waals surface area contributed by atoms with Crippen LogP contribution < -0.4 is 11.3 Å². The molecule has 5 nitrogen and oxygen atoms in total. The van der Waals surface area contributed by atoms with E-state index < -0.39 is 0 Å². The molecule has 122 valence electrons. The maximum absolute atomic E-state index is 5.76. The molecule has 1 aromatic heterocycles. The van der Waals surface area contributed by atoms with Crippen LogP contribution in [0, 0.1) is 0 Å². The van der Waals surface area contributed by atoms with Crippen molar-refractivity contribution in [1.29, 1.82) is 0 Å². The van der Waals surface area contributed by atoms with E-state index >= 15 is 0 Å². The molecule has 0 radical (unpaired) electrons. The first-order valence-electron chi connectivity index (χ1n) is 8.03. The van der Waals surface area contributed by atoms with Gasteiger partial charge in [-0.15, -0.1) is 0 Å². The number of aryl methyl sites for hydroxylation is 2. The second-order valence-corrected chi connectivity index (χ2v) is 6.05. The summed E-state index contributed by atoms with van der Waals surface area (Å²) >= 11 is 3.71. The first-order chi connectivity index (χ1) is 10.1. The van der Waals surface area contributed by atoms with Gasteiger partial charge in [0.2, 0.25) is 0 Å². The Balaban J connectivity index is 2.74. The Kier molecular flexibility index (Phi) is 8.48. The lowest BCUT2D eigenvalue weighted by Gasteiger charge is -2.22.